The molecular formula is C28H33N3O5. The third-order valence-electron chi connectivity index (χ3n) is 6.38. The van der Waals surface area contributed by atoms with Crippen molar-refractivity contribution in [1.29, 1.82) is 0 Å². The molecule has 0 bridgehead atoms. The molecule has 1 atom stereocenters. The largest absolute Gasteiger partial charge is 0.493 e. The summed E-state index contributed by atoms with van der Waals surface area (Å²) in [5.74, 6) is 2.16. The molecule has 1 heterocycles. The van der Waals surface area contributed by atoms with E-state index in [4.69, 9.17) is 14.2 Å². The van der Waals surface area contributed by atoms with Crippen molar-refractivity contribution >= 4 is 11.0 Å². The summed E-state index contributed by atoms with van der Waals surface area (Å²) >= 11 is 0. The molecule has 0 aliphatic carbocycles. The van der Waals surface area contributed by atoms with Crippen LogP contribution in [0, 0.1) is 0 Å². The van der Waals surface area contributed by atoms with E-state index in [9.17, 15) is 9.90 Å². The number of ether oxygens (including phenoxy) is 3. The maximum Gasteiger partial charge on any atom is 0.328 e. The number of hydrogen-bond acceptors (Lipinski definition) is 6. The summed E-state index contributed by atoms with van der Waals surface area (Å²) in [4.78, 5) is 12.1. The molecular weight excluding hydrogens is 458 g/mol. The van der Waals surface area contributed by atoms with E-state index in [1.807, 2.05) is 60.7 Å². The molecule has 8 nitrogen and oxygen atoms in total. The molecule has 0 amide bonds. The highest BCUT2D eigenvalue weighted by atomic mass is 16.5. The zero-order valence-electron chi connectivity index (χ0n) is 21.2. The quantitative estimate of drug-likeness (QED) is 0.313. The summed E-state index contributed by atoms with van der Waals surface area (Å²) in [6.45, 7) is 1.69. The molecule has 0 aliphatic heterocycles. The lowest BCUT2D eigenvalue weighted by Crippen LogP contribution is -2.19. The summed E-state index contributed by atoms with van der Waals surface area (Å²) < 4.78 is 19.6. The van der Waals surface area contributed by atoms with Crippen LogP contribution in [0.15, 0.2) is 65.5 Å². The molecule has 4 rings (SSSR count). The van der Waals surface area contributed by atoms with Crippen LogP contribution in [-0.4, -0.2) is 41.6 Å². The van der Waals surface area contributed by atoms with Crippen molar-refractivity contribution in [2.45, 2.75) is 19.1 Å². The lowest BCUT2D eigenvalue weighted by atomic mass is 10.1. The van der Waals surface area contributed by atoms with E-state index in [-0.39, 0.29) is 12.3 Å². The van der Waals surface area contributed by atoms with Crippen LogP contribution >= 0.6 is 0 Å². The van der Waals surface area contributed by atoms with Gasteiger partial charge in [-0.3, -0.25) is 9.13 Å². The number of nitrogens with zero attached hydrogens (tertiary/aromatic N) is 2. The Morgan fingerprint density at radius 3 is 2.28 bits per heavy atom. The van der Waals surface area contributed by atoms with Crippen molar-refractivity contribution in [2.24, 2.45) is 14.1 Å². The lowest BCUT2D eigenvalue weighted by Gasteiger charge is -2.14. The maximum atomic E-state index is 12.1. The molecule has 0 saturated heterocycles. The van der Waals surface area contributed by atoms with E-state index in [0.29, 0.717) is 11.3 Å². The van der Waals surface area contributed by atoms with Gasteiger partial charge in [0.25, 0.3) is 0 Å². The smallest absolute Gasteiger partial charge is 0.328 e. The second-order valence-corrected chi connectivity index (χ2v) is 8.74. The van der Waals surface area contributed by atoms with E-state index in [1.165, 1.54) is 5.56 Å². The SMILES string of the molecule is COc1ccc(CCNCc2ccc(OCC(O)c3ccc4c(c3)n(C)c(=O)n4C)cc2)cc1OC. The number of aliphatic hydroxyl groups is 1. The van der Waals surface area contributed by atoms with Crippen LogP contribution in [0.2, 0.25) is 0 Å². The number of hydrogen-bond donors (Lipinski definition) is 2. The Labute approximate surface area is 210 Å². The fraction of sp³-hybridized carbons (Fsp3) is 0.321. The Balaban J connectivity index is 1.25. The Bertz CT molecular complexity index is 1370. The van der Waals surface area contributed by atoms with Crippen LogP contribution in [0.4, 0.5) is 0 Å². The first-order valence-electron chi connectivity index (χ1n) is 11.9. The minimum atomic E-state index is -0.803. The van der Waals surface area contributed by atoms with E-state index in [1.54, 1.807) is 37.4 Å². The first kappa shape index (κ1) is 25.3. The molecule has 3 aromatic carbocycles. The third-order valence-corrected chi connectivity index (χ3v) is 6.38. The normalized spacial score (nSPS) is 12.0. The van der Waals surface area contributed by atoms with Gasteiger partial charge < -0.3 is 24.6 Å². The lowest BCUT2D eigenvalue weighted by molar-refractivity contribution is 0.108. The van der Waals surface area contributed by atoms with Crippen LogP contribution in [0.3, 0.4) is 0 Å². The number of rotatable bonds is 11. The van der Waals surface area contributed by atoms with E-state index in [0.717, 1.165) is 47.6 Å². The molecule has 0 saturated carbocycles. The number of aliphatic hydroxyl groups excluding tert-OH is 1. The van der Waals surface area contributed by atoms with Gasteiger partial charge in [-0.05, 0) is 66.1 Å². The summed E-state index contributed by atoms with van der Waals surface area (Å²) in [7, 11) is 6.74. The van der Waals surface area contributed by atoms with Gasteiger partial charge in [0.05, 0.1) is 25.3 Å². The van der Waals surface area contributed by atoms with Crippen LogP contribution < -0.4 is 25.2 Å². The minimum Gasteiger partial charge on any atom is -0.493 e. The van der Waals surface area contributed by atoms with Crippen molar-refractivity contribution in [1.82, 2.24) is 14.5 Å². The minimum absolute atomic E-state index is 0.0940. The number of fused-ring (bicyclic) bond motifs is 1. The highest BCUT2D eigenvalue weighted by Gasteiger charge is 2.13. The molecule has 1 aromatic heterocycles. The van der Waals surface area contributed by atoms with Gasteiger partial charge in [-0.2, -0.15) is 0 Å². The summed E-state index contributed by atoms with van der Waals surface area (Å²) in [5, 5.41) is 14.1. The second-order valence-electron chi connectivity index (χ2n) is 8.74. The van der Waals surface area contributed by atoms with Crippen LogP contribution in [0.5, 0.6) is 17.2 Å². The van der Waals surface area contributed by atoms with Gasteiger partial charge in [0.2, 0.25) is 0 Å². The third kappa shape index (κ3) is 5.56. The second kappa shape index (κ2) is 11.3. The van der Waals surface area contributed by atoms with Gasteiger partial charge in [0.1, 0.15) is 18.5 Å². The number of nitrogens with one attached hydrogen (secondary N) is 1. The Kier molecular flexibility index (Phi) is 7.97. The number of imidazole rings is 1. The van der Waals surface area contributed by atoms with Crippen molar-refractivity contribution in [3.05, 3.63) is 87.8 Å². The standard InChI is InChI=1S/C28H33N3O5/c1-30-23-11-8-21(16-24(23)31(2)28(30)33)25(32)18-36-22-9-5-20(6-10-22)17-29-14-13-19-7-12-26(34-3)27(15-19)35-4/h5-12,15-16,25,29,32H,13-14,17-18H2,1-4H3. The van der Waals surface area contributed by atoms with E-state index in [2.05, 4.69) is 5.32 Å². The Morgan fingerprint density at radius 1 is 0.861 bits per heavy atom. The highest BCUT2D eigenvalue weighted by Crippen LogP contribution is 2.27. The summed E-state index contributed by atoms with van der Waals surface area (Å²) in [6, 6.07) is 19.3. The zero-order chi connectivity index (χ0) is 25.7. The van der Waals surface area contributed by atoms with E-state index < -0.39 is 6.10 Å². The van der Waals surface area contributed by atoms with Crippen molar-refractivity contribution < 1.29 is 19.3 Å². The van der Waals surface area contributed by atoms with Crippen LogP contribution in [0.25, 0.3) is 11.0 Å². The van der Waals surface area contributed by atoms with Crippen molar-refractivity contribution in [3.63, 3.8) is 0 Å². The molecule has 36 heavy (non-hydrogen) atoms. The number of methoxy groups -OCH3 is 2. The topological polar surface area (TPSA) is 86.9 Å². The highest BCUT2D eigenvalue weighted by molar-refractivity contribution is 5.77. The molecule has 8 heteroatoms. The molecule has 1 unspecified atom stereocenters. The molecule has 2 N–H and O–H groups in total. The molecule has 0 fully saturated rings. The first-order chi connectivity index (χ1) is 17.4. The van der Waals surface area contributed by atoms with Crippen molar-refractivity contribution in [3.8, 4) is 17.2 Å². The molecule has 0 aliphatic rings. The number of aromatic nitrogens is 2. The first-order valence-corrected chi connectivity index (χ1v) is 11.9. The van der Waals surface area contributed by atoms with Gasteiger partial charge in [-0.25, -0.2) is 4.79 Å². The molecule has 190 valence electrons. The maximum absolute atomic E-state index is 12.1. The molecule has 4 aromatic rings. The fourth-order valence-corrected chi connectivity index (χ4v) is 4.21. The van der Waals surface area contributed by atoms with Gasteiger partial charge in [-0.15, -0.1) is 0 Å². The van der Waals surface area contributed by atoms with Crippen LogP contribution in [0.1, 0.15) is 22.8 Å². The summed E-state index contributed by atoms with van der Waals surface area (Å²) in [6.07, 6.45) is 0.0742. The van der Waals surface area contributed by atoms with Crippen molar-refractivity contribution in [2.75, 3.05) is 27.4 Å². The number of benzene rings is 3. The van der Waals surface area contributed by atoms with E-state index >= 15 is 0 Å². The zero-order valence-corrected chi connectivity index (χ0v) is 21.2. The van der Waals surface area contributed by atoms with Gasteiger partial charge in [0, 0.05) is 20.6 Å². The predicted molar refractivity (Wildman–Crippen MR) is 140 cm³/mol. The molecule has 0 spiro atoms. The average molecular weight is 492 g/mol. The number of aryl methyl sites for hydroxylation is 2. The Hall–Kier alpha value is -3.75. The van der Waals surface area contributed by atoms with Gasteiger partial charge >= 0.3 is 5.69 Å². The monoisotopic (exact) mass is 491 g/mol. The van der Waals surface area contributed by atoms with Crippen LogP contribution in [-0.2, 0) is 27.1 Å². The molecule has 0 radical (unpaired) electrons. The fourth-order valence-electron chi connectivity index (χ4n) is 4.21. The average Bonchev–Trinajstić information content (AvgIpc) is 3.13. The summed E-state index contributed by atoms with van der Waals surface area (Å²) in [5.41, 5.74) is 4.54. The predicted octanol–water partition coefficient (Wildman–Crippen LogP) is 3.34. The van der Waals surface area contributed by atoms with Gasteiger partial charge in [0.15, 0.2) is 11.5 Å². The van der Waals surface area contributed by atoms with Gasteiger partial charge in [-0.1, -0.05) is 24.3 Å². The Morgan fingerprint density at radius 2 is 1.56 bits per heavy atom.